The molecular weight excluding hydrogens is 298 g/mol. The minimum Gasteiger partial charge on any atom is -0.368 e. The predicted octanol–water partition coefficient (Wildman–Crippen LogP) is 2.36. The third-order valence-electron chi connectivity index (χ3n) is 4.74. The molecular formula is C20H19N3O. The molecule has 0 spiro atoms. The van der Waals surface area contributed by atoms with Crippen LogP contribution in [0.25, 0.3) is 0 Å². The molecule has 0 fully saturated rings. The van der Waals surface area contributed by atoms with Gasteiger partial charge in [-0.3, -0.25) is 4.79 Å². The van der Waals surface area contributed by atoms with Crippen molar-refractivity contribution in [3.05, 3.63) is 64.2 Å². The first-order valence-corrected chi connectivity index (χ1v) is 8.21. The van der Waals surface area contributed by atoms with Gasteiger partial charge in [-0.2, -0.15) is 0 Å². The largest absolute Gasteiger partial charge is 0.368 e. The van der Waals surface area contributed by atoms with E-state index in [1.54, 1.807) is 0 Å². The Labute approximate surface area is 141 Å². The van der Waals surface area contributed by atoms with Crippen LogP contribution in [0.2, 0.25) is 0 Å². The molecule has 1 amide bonds. The summed E-state index contributed by atoms with van der Waals surface area (Å²) < 4.78 is 0. The lowest BCUT2D eigenvalue weighted by atomic mass is 9.91. The van der Waals surface area contributed by atoms with Crippen LogP contribution < -0.4 is 16.0 Å². The van der Waals surface area contributed by atoms with Crippen LogP contribution in [-0.2, 0) is 19.5 Å². The van der Waals surface area contributed by atoms with E-state index < -0.39 is 0 Å². The molecule has 120 valence electrons. The average molecular weight is 317 g/mol. The second kappa shape index (κ2) is 6.03. The van der Waals surface area contributed by atoms with Crippen molar-refractivity contribution in [3.63, 3.8) is 0 Å². The highest BCUT2D eigenvalue weighted by atomic mass is 16.1. The van der Waals surface area contributed by atoms with Crippen molar-refractivity contribution in [3.8, 4) is 12.3 Å². The first-order valence-electron chi connectivity index (χ1n) is 8.21. The van der Waals surface area contributed by atoms with Gasteiger partial charge < -0.3 is 16.0 Å². The van der Waals surface area contributed by atoms with Crippen molar-refractivity contribution in [2.24, 2.45) is 0 Å². The van der Waals surface area contributed by atoms with Gasteiger partial charge in [0.05, 0.1) is 0 Å². The standard InChI is InChI=1S/C20H19N3O/c1-2-19(23-15-7-6-13-11-21-12-14(13)10-15)17-4-3-5-18-16(17)8-9-22-20(18)24/h1,3-7,10,19,21,23H,8-9,11-12H2,(H,22,24)/t19-/m0/s1. The van der Waals surface area contributed by atoms with Gasteiger partial charge in [0.2, 0.25) is 0 Å². The van der Waals surface area contributed by atoms with Gasteiger partial charge in [0.1, 0.15) is 6.04 Å². The number of carbonyl (C=O) groups excluding carboxylic acids is 1. The molecule has 0 aromatic heterocycles. The summed E-state index contributed by atoms with van der Waals surface area (Å²) in [6.07, 6.45) is 6.62. The van der Waals surface area contributed by atoms with E-state index in [0.29, 0.717) is 6.54 Å². The lowest BCUT2D eigenvalue weighted by Gasteiger charge is -2.23. The van der Waals surface area contributed by atoms with Crippen LogP contribution in [-0.4, -0.2) is 12.5 Å². The molecule has 0 aliphatic carbocycles. The number of hydrogen-bond donors (Lipinski definition) is 3. The van der Waals surface area contributed by atoms with E-state index in [0.717, 1.165) is 41.9 Å². The monoisotopic (exact) mass is 317 g/mol. The van der Waals surface area contributed by atoms with Crippen molar-refractivity contribution in [2.45, 2.75) is 25.6 Å². The zero-order valence-corrected chi connectivity index (χ0v) is 13.4. The summed E-state index contributed by atoms with van der Waals surface area (Å²) in [5, 5.41) is 9.67. The molecule has 4 rings (SSSR count). The number of nitrogens with one attached hydrogen (secondary N) is 3. The maximum absolute atomic E-state index is 12.0. The molecule has 1 atom stereocenters. The predicted molar refractivity (Wildman–Crippen MR) is 94.7 cm³/mol. The lowest BCUT2D eigenvalue weighted by Crippen LogP contribution is -2.33. The topological polar surface area (TPSA) is 53.2 Å². The second-order valence-electron chi connectivity index (χ2n) is 6.21. The van der Waals surface area contributed by atoms with Crippen molar-refractivity contribution in [1.29, 1.82) is 0 Å². The molecule has 0 saturated carbocycles. The molecule has 2 aliphatic heterocycles. The SMILES string of the molecule is C#C[C@H](Nc1ccc2c(c1)CNC2)c1cccc2c1CCNC2=O. The minimum atomic E-state index is -0.252. The number of hydrogen-bond acceptors (Lipinski definition) is 3. The third kappa shape index (κ3) is 2.53. The molecule has 2 aromatic carbocycles. The summed E-state index contributed by atoms with van der Waals surface area (Å²) in [5.41, 5.74) is 6.47. The smallest absolute Gasteiger partial charge is 0.251 e. The average Bonchev–Trinajstić information content (AvgIpc) is 3.07. The number of anilines is 1. The normalized spacial score (nSPS) is 16.5. The molecule has 24 heavy (non-hydrogen) atoms. The zero-order valence-electron chi connectivity index (χ0n) is 13.4. The van der Waals surface area contributed by atoms with Gasteiger partial charge in [0, 0.05) is 30.9 Å². The fraction of sp³-hybridized carbons (Fsp3) is 0.250. The Hall–Kier alpha value is -2.77. The fourth-order valence-corrected chi connectivity index (χ4v) is 3.52. The van der Waals surface area contributed by atoms with Gasteiger partial charge in [-0.05, 0) is 46.9 Å². The van der Waals surface area contributed by atoms with E-state index in [2.05, 4.69) is 40.1 Å². The van der Waals surface area contributed by atoms with Gasteiger partial charge in [-0.1, -0.05) is 24.1 Å². The number of terminal acetylenes is 1. The van der Waals surface area contributed by atoms with E-state index in [-0.39, 0.29) is 11.9 Å². The van der Waals surface area contributed by atoms with Crippen molar-refractivity contribution < 1.29 is 4.79 Å². The molecule has 2 aliphatic rings. The van der Waals surface area contributed by atoms with Crippen molar-refractivity contribution in [1.82, 2.24) is 10.6 Å². The zero-order chi connectivity index (χ0) is 16.5. The van der Waals surface area contributed by atoms with Gasteiger partial charge >= 0.3 is 0 Å². The van der Waals surface area contributed by atoms with E-state index in [9.17, 15) is 4.79 Å². The maximum atomic E-state index is 12.0. The molecule has 0 radical (unpaired) electrons. The van der Waals surface area contributed by atoms with Crippen LogP contribution in [0.1, 0.15) is 38.7 Å². The van der Waals surface area contributed by atoms with Crippen LogP contribution in [0.15, 0.2) is 36.4 Å². The van der Waals surface area contributed by atoms with E-state index in [1.807, 2.05) is 18.2 Å². The summed E-state index contributed by atoms with van der Waals surface area (Å²) in [6, 6.07) is 11.9. The molecule has 0 bridgehead atoms. The fourth-order valence-electron chi connectivity index (χ4n) is 3.52. The van der Waals surface area contributed by atoms with E-state index >= 15 is 0 Å². The van der Waals surface area contributed by atoms with Crippen LogP contribution in [0, 0.1) is 12.3 Å². The highest BCUT2D eigenvalue weighted by Crippen LogP contribution is 2.28. The number of rotatable bonds is 3. The summed E-state index contributed by atoms with van der Waals surface area (Å²) in [5.74, 6) is 2.82. The molecule has 2 heterocycles. The van der Waals surface area contributed by atoms with E-state index in [1.165, 1.54) is 11.1 Å². The van der Waals surface area contributed by atoms with Gasteiger partial charge in [0.15, 0.2) is 0 Å². The Kier molecular flexibility index (Phi) is 3.72. The highest BCUT2D eigenvalue weighted by Gasteiger charge is 2.22. The number of benzene rings is 2. The molecule has 0 unspecified atom stereocenters. The summed E-state index contributed by atoms with van der Waals surface area (Å²) >= 11 is 0. The molecule has 4 nitrogen and oxygen atoms in total. The van der Waals surface area contributed by atoms with Crippen LogP contribution >= 0.6 is 0 Å². The first kappa shape index (κ1) is 14.8. The van der Waals surface area contributed by atoms with Crippen LogP contribution in [0.4, 0.5) is 5.69 Å². The maximum Gasteiger partial charge on any atom is 0.251 e. The Balaban J connectivity index is 1.66. The van der Waals surface area contributed by atoms with Crippen molar-refractivity contribution in [2.75, 3.05) is 11.9 Å². The lowest BCUT2D eigenvalue weighted by molar-refractivity contribution is 0.0946. The Bertz CT molecular complexity index is 850. The Morgan fingerprint density at radius 3 is 2.92 bits per heavy atom. The number of fused-ring (bicyclic) bond motifs is 2. The van der Waals surface area contributed by atoms with Crippen molar-refractivity contribution >= 4 is 11.6 Å². The summed E-state index contributed by atoms with van der Waals surface area (Å²) in [6.45, 7) is 2.48. The first-order chi connectivity index (χ1) is 11.8. The third-order valence-corrected chi connectivity index (χ3v) is 4.74. The molecule has 2 aromatic rings. The summed E-state index contributed by atoms with van der Waals surface area (Å²) in [7, 11) is 0. The molecule has 3 N–H and O–H groups in total. The van der Waals surface area contributed by atoms with Crippen LogP contribution in [0.3, 0.4) is 0 Å². The molecule has 0 saturated heterocycles. The quantitative estimate of drug-likeness (QED) is 0.762. The highest BCUT2D eigenvalue weighted by molar-refractivity contribution is 5.97. The number of amides is 1. The summed E-state index contributed by atoms with van der Waals surface area (Å²) in [4.78, 5) is 12.0. The second-order valence-corrected chi connectivity index (χ2v) is 6.21. The van der Waals surface area contributed by atoms with Gasteiger partial charge in [0.25, 0.3) is 5.91 Å². The minimum absolute atomic E-state index is 0.0162. The van der Waals surface area contributed by atoms with Gasteiger partial charge in [-0.25, -0.2) is 0 Å². The van der Waals surface area contributed by atoms with Gasteiger partial charge in [-0.15, -0.1) is 6.42 Å². The molecule has 4 heteroatoms. The van der Waals surface area contributed by atoms with E-state index in [4.69, 9.17) is 6.42 Å². The Morgan fingerprint density at radius 1 is 1.17 bits per heavy atom. The Morgan fingerprint density at radius 2 is 2.04 bits per heavy atom. The number of carbonyl (C=O) groups is 1. The van der Waals surface area contributed by atoms with Crippen LogP contribution in [0.5, 0.6) is 0 Å².